The van der Waals surface area contributed by atoms with Gasteiger partial charge in [-0.2, -0.15) is 0 Å². The van der Waals surface area contributed by atoms with Crippen molar-refractivity contribution in [3.8, 4) is 0 Å². The molecule has 3 rings (SSSR count). The van der Waals surface area contributed by atoms with E-state index in [-0.39, 0.29) is 34.3 Å². The summed E-state index contributed by atoms with van der Waals surface area (Å²) in [6.07, 6.45) is 5.28. The number of benzene rings is 2. The molecule has 2 amide bonds. The average molecular weight is 416 g/mol. The number of rotatable bonds is 5. The van der Waals surface area contributed by atoms with E-state index >= 15 is 0 Å². The Hall–Kier alpha value is -2.93. The minimum Gasteiger partial charge on any atom is -0.349 e. The number of nitro groups is 1. The molecule has 0 saturated heterocycles. The van der Waals surface area contributed by atoms with Crippen molar-refractivity contribution in [2.45, 2.75) is 45.1 Å². The molecule has 152 valence electrons. The van der Waals surface area contributed by atoms with Gasteiger partial charge in [-0.05, 0) is 44.0 Å². The molecule has 1 aliphatic rings. The molecule has 0 spiro atoms. The third-order valence-corrected chi connectivity index (χ3v) is 5.49. The maximum absolute atomic E-state index is 12.6. The molecule has 8 heteroatoms. The molecule has 0 bridgehead atoms. The number of anilines is 1. The van der Waals surface area contributed by atoms with Crippen molar-refractivity contribution in [3.05, 3.63) is 68.2 Å². The summed E-state index contributed by atoms with van der Waals surface area (Å²) in [5.41, 5.74) is 1.02. The van der Waals surface area contributed by atoms with Crippen LogP contribution in [0.5, 0.6) is 0 Å². The highest BCUT2D eigenvalue weighted by atomic mass is 35.5. The topological polar surface area (TPSA) is 101 Å². The van der Waals surface area contributed by atoms with Gasteiger partial charge in [0.05, 0.1) is 15.5 Å². The molecule has 0 unspecified atom stereocenters. The zero-order chi connectivity index (χ0) is 21.0. The van der Waals surface area contributed by atoms with E-state index in [2.05, 4.69) is 10.6 Å². The molecule has 2 N–H and O–H groups in total. The highest BCUT2D eigenvalue weighted by molar-refractivity contribution is 6.34. The molecule has 7 nitrogen and oxygen atoms in total. The lowest BCUT2D eigenvalue weighted by Crippen LogP contribution is -2.36. The van der Waals surface area contributed by atoms with E-state index in [0.29, 0.717) is 10.7 Å². The van der Waals surface area contributed by atoms with Crippen molar-refractivity contribution in [1.29, 1.82) is 0 Å². The largest absolute Gasteiger partial charge is 0.349 e. The van der Waals surface area contributed by atoms with Crippen LogP contribution in [0.15, 0.2) is 36.4 Å². The van der Waals surface area contributed by atoms with E-state index in [9.17, 15) is 19.7 Å². The van der Waals surface area contributed by atoms with Crippen LogP contribution in [0.2, 0.25) is 5.02 Å². The molecule has 29 heavy (non-hydrogen) atoms. The van der Waals surface area contributed by atoms with Gasteiger partial charge in [-0.15, -0.1) is 0 Å². The van der Waals surface area contributed by atoms with Crippen molar-refractivity contribution in [1.82, 2.24) is 5.32 Å². The van der Waals surface area contributed by atoms with Crippen LogP contribution < -0.4 is 10.6 Å². The van der Waals surface area contributed by atoms with Gasteiger partial charge < -0.3 is 10.6 Å². The second-order valence-corrected chi connectivity index (χ2v) is 7.57. The Morgan fingerprint density at radius 3 is 2.48 bits per heavy atom. The third kappa shape index (κ3) is 4.92. The first-order chi connectivity index (χ1) is 13.9. The third-order valence-electron chi connectivity index (χ3n) is 5.16. The molecule has 0 radical (unpaired) electrons. The number of halogens is 1. The smallest absolute Gasteiger partial charge is 0.273 e. The first-order valence-electron chi connectivity index (χ1n) is 9.52. The molecule has 0 aromatic heterocycles. The number of nitrogens with zero attached hydrogens (tertiary/aromatic N) is 1. The van der Waals surface area contributed by atoms with Crippen molar-refractivity contribution >= 4 is 34.8 Å². The predicted octanol–water partition coefficient (Wildman–Crippen LogP) is 4.87. The summed E-state index contributed by atoms with van der Waals surface area (Å²) in [7, 11) is 0. The first-order valence-corrected chi connectivity index (χ1v) is 9.90. The lowest BCUT2D eigenvalue weighted by atomic mass is 9.95. The summed E-state index contributed by atoms with van der Waals surface area (Å²) in [5.74, 6) is -0.767. The molecule has 0 aliphatic heterocycles. The average Bonchev–Trinajstić information content (AvgIpc) is 2.70. The SMILES string of the molecule is Cc1c(C(=O)Nc2ccc(Cl)c(C(=O)NC3CCCCC3)c2)cccc1[N+](=O)[O-]. The van der Waals surface area contributed by atoms with Crippen molar-refractivity contribution < 1.29 is 14.5 Å². The van der Waals surface area contributed by atoms with Gasteiger partial charge in [0.1, 0.15) is 0 Å². The van der Waals surface area contributed by atoms with Gasteiger partial charge in [0.15, 0.2) is 0 Å². The number of carbonyl (C=O) groups excluding carboxylic acids is 2. The Morgan fingerprint density at radius 2 is 1.79 bits per heavy atom. The van der Waals surface area contributed by atoms with Gasteiger partial charge in [0.2, 0.25) is 0 Å². The second kappa shape index (κ2) is 9.05. The summed E-state index contributed by atoms with van der Waals surface area (Å²) < 4.78 is 0. The molecule has 1 fully saturated rings. The van der Waals surface area contributed by atoms with Crippen LogP contribution in [-0.4, -0.2) is 22.8 Å². The molecule has 0 heterocycles. The molecule has 1 aliphatic carbocycles. The Kier molecular flexibility index (Phi) is 6.49. The maximum atomic E-state index is 12.6. The Labute approximate surface area is 173 Å². The van der Waals surface area contributed by atoms with Gasteiger partial charge in [-0.1, -0.05) is 36.9 Å². The molecule has 2 aromatic rings. The summed E-state index contributed by atoms with van der Waals surface area (Å²) in [5, 5.41) is 17.1. The maximum Gasteiger partial charge on any atom is 0.273 e. The Morgan fingerprint density at radius 1 is 1.07 bits per heavy atom. The summed E-state index contributed by atoms with van der Waals surface area (Å²) in [6.45, 7) is 1.53. The highest BCUT2D eigenvalue weighted by Crippen LogP contribution is 2.25. The molecular formula is C21H22ClN3O4. The highest BCUT2D eigenvalue weighted by Gasteiger charge is 2.21. The summed E-state index contributed by atoms with van der Waals surface area (Å²) in [4.78, 5) is 35.8. The van der Waals surface area contributed by atoms with Gasteiger partial charge in [-0.25, -0.2) is 0 Å². The first kappa shape index (κ1) is 20.8. The van der Waals surface area contributed by atoms with E-state index in [4.69, 9.17) is 11.6 Å². The fraction of sp³-hybridized carbons (Fsp3) is 0.333. The number of carbonyl (C=O) groups is 2. The van der Waals surface area contributed by atoms with Crippen LogP contribution >= 0.6 is 11.6 Å². The van der Waals surface area contributed by atoms with Crippen LogP contribution in [0.25, 0.3) is 0 Å². The molecular weight excluding hydrogens is 394 g/mol. The minimum atomic E-state index is -0.526. The van der Waals surface area contributed by atoms with E-state index in [1.165, 1.54) is 37.6 Å². The van der Waals surface area contributed by atoms with Gasteiger partial charge in [0.25, 0.3) is 17.5 Å². The zero-order valence-corrected chi connectivity index (χ0v) is 16.8. The van der Waals surface area contributed by atoms with E-state index < -0.39 is 10.8 Å². The fourth-order valence-electron chi connectivity index (χ4n) is 3.55. The van der Waals surface area contributed by atoms with Crippen molar-refractivity contribution in [2.75, 3.05) is 5.32 Å². The van der Waals surface area contributed by atoms with E-state index in [0.717, 1.165) is 25.7 Å². The van der Waals surface area contributed by atoms with Crippen LogP contribution in [0, 0.1) is 17.0 Å². The Balaban J connectivity index is 1.77. The monoisotopic (exact) mass is 415 g/mol. The van der Waals surface area contributed by atoms with E-state index in [1.54, 1.807) is 12.1 Å². The standard InChI is InChI=1S/C21H22ClN3O4/c1-13-16(8-5-9-19(13)25(28)29)20(26)24-15-10-11-18(22)17(12-15)21(27)23-14-6-3-2-4-7-14/h5,8-12,14H,2-4,6-7H2,1H3,(H,23,27)(H,24,26). The lowest BCUT2D eigenvalue weighted by Gasteiger charge is -2.23. The molecule has 1 saturated carbocycles. The molecule has 2 aromatic carbocycles. The predicted molar refractivity (Wildman–Crippen MR) is 112 cm³/mol. The fourth-order valence-corrected chi connectivity index (χ4v) is 3.76. The Bertz CT molecular complexity index is 955. The number of nitrogens with one attached hydrogen (secondary N) is 2. The lowest BCUT2D eigenvalue weighted by molar-refractivity contribution is -0.385. The van der Waals surface area contributed by atoms with Crippen LogP contribution in [0.1, 0.15) is 58.4 Å². The number of hydrogen-bond donors (Lipinski definition) is 2. The van der Waals surface area contributed by atoms with Crippen molar-refractivity contribution in [2.24, 2.45) is 0 Å². The quantitative estimate of drug-likeness (QED) is 0.537. The van der Waals surface area contributed by atoms with Gasteiger partial charge in [0, 0.05) is 28.9 Å². The normalized spacial score (nSPS) is 14.3. The van der Waals surface area contributed by atoms with Crippen LogP contribution in [-0.2, 0) is 0 Å². The number of nitro benzene ring substituents is 1. The van der Waals surface area contributed by atoms with Crippen LogP contribution in [0.3, 0.4) is 0 Å². The van der Waals surface area contributed by atoms with Crippen LogP contribution in [0.4, 0.5) is 11.4 Å². The molecule has 0 atom stereocenters. The minimum absolute atomic E-state index is 0.124. The van der Waals surface area contributed by atoms with Gasteiger partial charge >= 0.3 is 0 Å². The van der Waals surface area contributed by atoms with Gasteiger partial charge in [-0.3, -0.25) is 19.7 Å². The zero-order valence-electron chi connectivity index (χ0n) is 16.0. The number of hydrogen-bond acceptors (Lipinski definition) is 4. The number of amides is 2. The summed E-state index contributed by atoms with van der Waals surface area (Å²) >= 11 is 6.19. The van der Waals surface area contributed by atoms with E-state index in [1.807, 2.05) is 0 Å². The second-order valence-electron chi connectivity index (χ2n) is 7.16. The van der Waals surface area contributed by atoms with Crippen molar-refractivity contribution in [3.63, 3.8) is 0 Å². The summed E-state index contributed by atoms with van der Waals surface area (Å²) in [6, 6.07) is 9.12.